The van der Waals surface area contributed by atoms with E-state index in [1.165, 1.54) is 0 Å². The van der Waals surface area contributed by atoms with E-state index in [0.29, 0.717) is 5.02 Å². The van der Waals surface area contributed by atoms with Gasteiger partial charge in [-0.05, 0) is 36.4 Å². The van der Waals surface area contributed by atoms with Crippen LogP contribution in [0.4, 0.5) is 0 Å². The van der Waals surface area contributed by atoms with Gasteiger partial charge in [0.05, 0.1) is 17.6 Å². The number of imidazole rings is 1. The van der Waals surface area contributed by atoms with Crippen LogP contribution >= 0.6 is 11.6 Å². The van der Waals surface area contributed by atoms with Crippen molar-refractivity contribution in [1.29, 1.82) is 0 Å². The zero-order chi connectivity index (χ0) is 14.9. The molecule has 0 N–H and O–H groups in total. The molecule has 0 aliphatic heterocycles. The van der Waals surface area contributed by atoms with Gasteiger partial charge in [-0.25, -0.2) is 9.50 Å². The number of hydrogen-bond acceptors (Lipinski definition) is 3. The number of benzene rings is 1. The molecular formula is C17H11ClN4. The first-order valence-electron chi connectivity index (χ1n) is 6.82. The van der Waals surface area contributed by atoms with E-state index in [0.717, 1.165) is 28.2 Å². The van der Waals surface area contributed by atoms with Gasteiger partial charge in [0.25, 0.3) is 0 Å². The fourth-order valence-electron chi connectivity index (χ4n) is 2.39. The maximum atomic E-state index is 6.07. The molecule has 4 aromatic rings. The Morgan fingerprint density at radius 1 is 0.909 bits per heavy atom. The molecule has 3 heterocycles. The number of aromatic nitrogens is 4. The Balaban J connectivity index is 1.90. The molecule has 1 aromatic carbocycles. The number of fused-ring (bicyclic) bond motifs is 1. The van der Waals surface area contributed by atoms with Gasteiger partial charge in [-0.3, -0.25) is 4.98 Å². The Kier molecular flexibility index (Phi) is 3.09. The van der Waals surface area contributed by atoms with Crippen molar-refractivity contribution < 1.29 is 0 Å². The predicted octanol–water partition coefficient (Wildman–Crippen LogP) is 4.11. The molecule has 106 valence electrons. The summed E-state index contributed by atoms with van der Waals surface area (Å²) in [6.07, 6.45) is 5.34. The molecule has 0 radical (unpaired) electrons. The lowest BCUT2D eigenvalue weighted by Gasteiger charge is -2.05. The summed E-state index contributed by atoms with van der Waals surface area (Å²) in [5.74, 6) is 0. The minimum atomic E-state index is 0.694. The summed E-state index contributed by atoms with van der Waals surface area (Å²) in [6, 6.07) is 15.4. The smallest absolute Gasteiger partial charge is 0.154 e. The highest BCUT2D eigenvalue weighted by molar-refractivity contribution is 6.30. The van der Waals surface area contributed by atoms with Gasteiger partial charge >= 0.3 is 0 Å². The monoisotopic (exact) mass is 306 g/mol. The predicted molar refractivity (Wildman–Crippen MR) is 86.7 cm³/mol. The van der Waals surface area contributed by atoms with Gasteiger partial charge in [-0.1, -0.05) is 23.7 Å². The summed E-state index contributed by atoms with van der Waals surface area (Å²) in [7, 11) is 0. The maximum Gasteiger partial charge on any atom is 0.154 e. The summed E-state index contributed by atoms with van der Waals surface area (Å²) in [4.78, 5) is 8.45. The van der Waals surface area contributed by atoms with Crippen molar-refractivity contribution in [1.82, 2.24) is 19.6 Å². The zero-order valence-corrected chi connectivity index (χ0v) is 12.3. The molecule has 0 fully saturated rings. The third-order valence-corrected chi connectivity index (χ3v) is 3.69. The Bertz CT molecular complexity index is 947. The van der Waals surface area contributed by atoms with E-state index in [1.807, 2.05) is 59.2 Å². The van der Waals surface area contributed by atoms with E-state index in [2.05, 4.69) is 9.97 Å². The van der Waals surface area contributed by atoms with Crippen molar-refractivity contribution in [3.63, 3.8) is 0 Å². The SMILES string of the molecule is Clc1cccc(-c2ccc3ncc(-c4ccncc4)n3n2)c1. The Morgan fingerprint density at radius 3 is 2.59 bits per heavy atom. The minimum Gasteiger partial charge on any atom is -0.265 e. The maximum absolute atomic E-state index is 6.07. The number of halogens is 1. The van der Waals surface area contributed by atoms with Crippen molar-refractivity contribution in [2.24, 2.45) is 0 Å². The summed E-state index contributed by atoms with van der Waals surface area (Å²) >= 11 is 6.07. The normalized spacial score (nSPS) is 11.0. The van der Waals surface area contributed by atoms with Crippen molar-refractivity contribution in [3.05, 3.63) is 72.1 Å². The lowest BCUT2D eigenvalue weighted by Crippen LogP contribution is -1.96. The van der Waals surface area contributed by atoms with Crippen LogP contribution in [0, 0.1) is 0 Å². The highest BCUT2D eigenvalue weighted by Crippen LogP contribution is 2.24. The van der Waals surface area contributed by atoms with E-state index in [9.17, 15) is 0 Å². The van der Waals surface area contributed by atoms with Crippen molar-refractivity contribution in [2.45, 2.75) is 0 Å². The Hall–Kier alpha value is -2.72. The van der Waals surface area contributed by atoms with E-state index in [4.69, 9.17) is 16.7 Å². The topological polar surface area (TPSA) is 43.1 Å². The summed E-state index contributed by atoms with van der Waals surface area (Å²) < 4.78 is 1.84. The standard InChI is InChI=1S/C17H11ClN4/c18-14-3-1-2-13(10-14)15-4-5-17-20-11-16(22(17)21-15)12-6-8-19-9-7-12/h1-11H. The first-order chi connectivity index (χ1) is 10.8. The van der Waals surface area contributed by atoms with Gasteiger partial charge in [0.15, 0.2) is 5.65 Å². The van der Waals surface area contributed by atoms with E-state index in [1.54, 1.807) is 12.4 Å². The molecule has 0 aliphatic carbocycles. The van der Waals surface area contributed by atoms with Crippen LogP contribution in [-0.2, 0) is 0 Å². The average molecular weight is 307 g/mol. The molecule has 0 bridgehead atoms. The molecule has 0 atom stereocenters. The quantitative estimate of drug-likeness (QED) is 0.559. The number of nitrogens with zero attached hydrogens (tertiary/aromatic N) is 4. The van der Waals surface area contributed by atoms with Crippen LogP contribution in [0.3, 0.4) is 0 Å². The van der Waals surface area contributed by atoms with Crippen LogP contribution in [0.5, 0.6) is 0 Å². The first-order valence-corrected chi connectivity index (χ1v) is 7.20. The molecule has 5 heteroatoms. The second kappa shape index (κ2) is 5.24. The van der Waals surface area contributed by atoms with Crippen LogP contribution in [0.15, 0.2) is 67.1 Å². The molecule has 22 heavy (non-hydrogen) atoms. The zero-order valence-electron chi connectivity index (χ0n) is 11.5. The van der Waals surface area contributed by atoms with Gasteiger partial charge < -0.3 is 0 Å². The van der Waals surface area contributed by atoms with Crippen LogP contribution < -0.4 is 0 Å². The van der Waals surface area contributed by atoms with E-state index in [-0.39, 0.29) is 0 Å². The van der Waals surface area contributed by atoms with E-state index >= 15 is 0 Å². The fourth-order valence-corrected chi connectivity index (χ4v) is 2.58. The minimum absolute atomic E-state index is 0.694. The highest BCUT2D eigenvalue weighted by atomic mass is 35.5. The second-order valence-corrected chi connectivity index (χ2v) is 5.31. The summed E-state index contributed by atoms with van der Waals surface area (Å²) in [5.41, 5.74) is 4.59. The Labute approximate surface area is 132 Å². The summed E-state index contributed by atoms with van der Waals surface area (Å²) in [6.45, 7) is 0. The van der Waals surface area contributed by atoms with Crippen LogP contribution in [-0.4, -0.2) is 19.6 Å². The van der Waals surface area contributed by atoms with Gasteiger partial charge in [0.1, 0.15) is 0 Å². The largest absolute Gasteiger partial charge is 0.265 e. The third kappa shape index (κ3) is 2.23. The molecular weight excluding hydrogens is 296 g/mol. The van der Waals surface area contributed by atoms with Gasteiger partial charge in [-0.2, -0.15) is 5.10 Å². The van der Waals surface area contributed by atoms with Crippen molar-refractivity contribution >= 4 is 17.2 Å². The molecule has 4 nitrogen and oxygen atoms in total. The summed E-state index contributed by atoms with van der Waals surface area (Å²) in [5, 5.41) is 5.39. The Morgan fingerprint density at radius 2 is 1.77 bits per heavy atom. The van der Waals surface area contributed by atoms with E-state index < -0.39 is 0 Å². The third-order valence-electron chi connectivity index (χ3n) is 3.46. The van der Waals surface area contributed by atoms with Crippen molar-refractivity contribution in [3.8, 4) is 22.5 Å². The lowest BCUT2D eigenvalue weighted by molar-refractivity contribution is 0.949. The highest BCUT2D eigenvalue weighted by Gasteiger charge is 2.09. The van der Waals surface area contributed by atoms with Crippen LogP contribution in [0.1, 0.15) is 0 Å². The molecule has 0 amide bonds. The average Bonchev–Trinajstić information content (AvgIpc) is 2.99. The van der Waals surface area contributed by atoms with Gasteiger partial charge in [0, 0.05) is 28.5 Å². The second-order valence-electron chi connectivity index (χ2n) is 4.88. The van der Waals surface area contributed by atoms with Crippen LogP contribution in [0.25, 0.3) is 28.2 Å². The molecule has 0 aliphatic rings. The van der Waals surface area contributed by atoms with Gasteiger partial charge in [0.2, 0.25) is 0 Å². The fraction of sp³-hybridized carbons (Fsp3) is 0. The van der Waals surface area contributed by atoms with Gasteiger partial charge in [-0.15, -0.1) is 0 Å². The number of hydrogen-bond donors (Lipinski definition) is 0. The molecule has 0 unspecified atom stereocenters. The molecule has 0 saturated heterocycles. The lowest BCUT2D eigenvalue weighted by atomic mass is 10.1. The molecule has 0 spiro atoms. The van der Waals surface area contributed by atoms with Crippen molar-refractivity contribution in [2.75, 3.05) is 0 Å². The number of rotatable bonds is 2. The molecule has 3 aromatic heterocycles. The molecule has 0 saturated carbocycles. The first kappa shape index (κ1) is 13.0. The molecule has 4 rings (SSSR count). The number of pyridine rings is 1. The van der Waals surface area contributed by atoms with Crippen LogP contribution in [0.2, 0.25) is 5.02 Å².